The second-order valence-corrected chi connectivity index (χ2v) is 4.05. The summed E-state index contributed by atoms with van der Waals surface area (Å²) in [5, 5.41) is 3.34. The van der Waals surface area contributed by atoms with E-state index in [-0.39, 0.29) is 11.6 Å². The van der Waals surface area contributed by atoms with Crippen LogP contribution in [0.25, 0.3) is 10.9 Å². The quantitative estimate of drug-likeness (QED) is 0.739. The monoisotopic (exact) mass is 255 g/mol. The first-order valence-electron chi connectivity index (χ1n) is 5.72. The molecule has 4 nitrogen and oxygen atoms in total. The average Bonchev–Trinajstić information content (AvgIpc) is 2.89. The zero-order valence-corrected chi connectivity index (χ0v) is 9.85. The molecule has 0 radical (unpaired) electrons. The summed E-state index contributed by atoms with van der Waals surface area (Å²) >= 11 is 0. The molecule has 0 atom stereocenters. The molecule has 1 aromatic carbocycles. The molecular weight excluding hydrogens is 245 g/mol. The van der Waals surface area contributed by atoms with Crippen molar-refractivity contribution in [3.8, 4) is 0 Å². The summed E-state index contributed by atoms with van der Waals surface area (Å²) in [6.07, 6.45) is 4.25. The van der Waals surface area contributed by atoms with Crippen LogP contribution in [0.1, 0.15) is 10.4 Å². The van der Waals surface area contributed by atoms with Gasteiger partial charge in [0.1, 0.15) is 0 Å². The second-order valence-electron chi connectivity index (χ2n) is 4.05. The van der Waals surface area contributed by atoms with Gasteiger partial charge in [-0.2, -0.15) is 0 Å². The summed E-state index contributed by atoms with van der Waals surface area (Å²) < 4.78 is 13.4. The zero-order chi connectivity index (χ0) is 13.2. The van der Waals surface area contributed by atoms with Crippen molar-refractivity contribution in [1.29, 1.82) is 0 Å². The van der Waals surface area contributed by atoms with Crippen LogP contribution in [-0.4, -0.2) is 15.9 Å². The lowest BCUT2D eigenvalue weighted by atomic mass is 10.1. The highest BCUT2D eigenvalue weighted by Crippen LogP contribution is 2.19. The number of fused-ring (bicyclic) bond motifs is 1. The van der Waals surface area contributed by atoms with Crippen molar-refractivity contribution in [3.63, 3.8) is 0 Å². The Bertz CT molecular complexity index is 751. The SMILES string of the molecule is O=C(Nc1ccncc1F)c1cccc2[nH]ccc12. The third-order valence-electron chi connectivity index (χ3n) is 2.86. The van der Waals surface area contributed by atoms with Crippen molar-refractivity contribution in [2.75, 3.05) is 5.32 Å². The van der Waals surface area contributed by atoms with Crippen LogP contribution in [0.2, 0.25) is 0 Å². The van der Waals surface area contributed by atoms with E-state index < -0.39 is 5.82 Å². The van der Waals surface area contributed by atoms with Gasteiger partial charge >= 0.3 is 0 Å². The Labute approximate surface area is 108 Å². The van der Waals surface area contributed by atoms with Crippen molar-refractivity contribution < 1.29 is 9.18 Å². The molecule has 19 heavy (non-hydrogen) atoms. The lowest BCUT2D eigenvalue weighted by Gasteiger charge is -2.06. The summed E-state index contributed by atoms with van der Waals surface area (Å²) in [5.41, 5.74) is 1.48. The van der Waals surface area contributed by atoms with Gasteiger partial charge in [0, 0.05) is 28.9 Å². The number of hydrogen-bond acceptors (Lipinski definition) is 2. The zero-order valence-electron chi connectivity index (χ0n) is 9.85. The summed E-state index contributed by atoms with van der Waals surface area (Å²) in [6.45, 7) is 0. The summed E-state index contributed by atoms with van der Waals surface area (Å²) in [5.74, 6) is -0.910. The Morgan fingerprint density at radius 3 is 3.00 bits per heavy atom. The maximum Gasteiger partial charge on any atom is 0.256 e. The van der Waals surface area contributed by atoms with Crippen LogP contribution in [0.15, 0.2) is 48.9 Å². The van der Waals surface area contributed by atoms with Crippen molar-refractivity contribution >= 4 is 22.5 Å². The topological polar surface area (TPSA) is 57.8 Å². The molecular formula is C14H10FN3O. The minimum Gasteiger partial charge on any atom is -0.361 e. The second kappa shape index (κ2) is 4.53. The molecule has 2 heterocycles. The third kappa shape index (κ3) is 2.06. The van der Waals surface area contributed by atoms with Crippen LogP contribution < -0.4 is 5.32 Å². The Morgan fingerprint density at radius 1 is 1.26 bits per heavy atom. The Hall–Kier alpha value is -2.69. The highest BCUT2D eigenvalue weighted by Gasteiger charge is 2.12. The number of aromatic amines is 1. The van der Waals surface area contributed by atoms with Gasteiger partial charge in [0.2, 0.25) is 0 Å². The van der Waals surface area contributed by atoms with Crippen molar-refractivity contribution in [3.05, 3.63) is 60.3 Å². The van der Waals surface area contributed by atoms with E-state index in [4.69, 9.17) is 0 Å². The third-order valence-corrected chi connectivity index (χ3v) is 2.86. The lowest BCUT2D eigenvalue weighted by Crippen LogP contribution is -2.13. The van der Waals surface area contributed by atoms with Crippen LogP contribution in [0.4, 0.5) is 10.1 Å². The molecule has 5 heteroatoms. The van der Waals surface area contributed by atoms with E-state index in [0.717, 1.165) is 17.1 Å². The molecule has 3 aromatic rings. The van der Waals surface area contributed by atoms with Gasteiger partial charge in [-0.3, -0.25) is 9.78 Å². The summed E-state index contributed by atoms with van der Waals surface area (Å²) in [4.78, 5) is 18.8. The highest BCUT2D eigenvalue weighted by molar-refractivity contribution is 6.12. The smallest absolute Gasteiger partial charge is 0.256 e. The number of hydrogen-bond donors (Lipinski definition) is 2. The molecule has 0 saturated heterocycles. The first-order chi connectivity index (χ1) is 9.25. The molecule has 0 aliphatic carbocycles. The first kappa shape index (κ1) is 11.4. The molecule has 0 aliphatic rings. The molecule has 1 amide bonds. The van der Waals surface area contributed by atoms with Crippen molar-refractivity contribution in [2.45, 2.75) is 0 Å². The number of nitrogens with one attached hydrogen (secondary N) is 2. The fraction of sp³-hybridized carbons (Fsp3) is 0. The van der Waals surface area contributed by atoms with Crippen LogP contribution in [-0.2, 0) is 0 Å². The summed E-state index contributed by atoms with van der Waals surface area (Å²) in [7, 11) is 0. The Balaban J connectivity index is 1.97. The average molecular weight is 255 g/mol. The fourth-order valence-electron chi connectivity index (χ4n) is 1.95. The predicted octanol–water partition coefficient (Wildman–Crippen LogP) is 2.95. The number of halogens is 1. The van der Waals surface area contributed by atoms with Gasteiger partial charge in [0.25, 0.3) is 5.91 Å². The first-order valence-corrected chi connectivity index (χ1v) is 5.72. The Kier molecular flexibility index (Phi) is 2.72. The van der Waals surface area contributed by atoms with Crippen LogP contribution >= 0.6 is 0 Å². The molecule has 3 rings (SSSR count). The number of carbonyl (C=O) groups excluding carboxylic acids is 1. The number of carbonyl (C=O) groups is 1. The van der Waals surface area contributed by atoms with Crippen LogP contribution in [0, 0.1) is 5.82 Å². The van der Waals surface area contributed by atoms with E-state index in [1.807, 2.05) is 12.1 Å². The number of nitrogens with zero attached hydrogens (tertiary/aromatic N) is 1. The molecule has 94 valence electrons. The number of rotatable bonds is 2. The summed E-state index contributed by atoms with van der Waals surface area (Å²) in [6, 6.07) is 8.58. The molecule has 0 aliphatic heterocycles. The maximum atomic E-state index is 13.4. The molecule has 0 spiro atoms. The maximum absolute atomic E-state index is 13.4. The number of anilines is 1. The molecule has 0 bridgehead atoms. The normalized spacial score (nSPS) is 10.6. The van der Waals surface area contributed by atoms with Crippen LogP contribution in [0.3, 0.4) is 0 Å². The lowest BCUT2D eigenvalue weighted by molar-refractivity contribution is 0.102. The van der Waals surface area contributed by atoms with E-state index in [2.05, 4.69) is 15.3 Å². The van der Waals surface area contributed by atoms with Gasteiger partial charge in [-0.15, -0.1) is 0 Å². The number of benzene rings is 1. The van der Waals surface area contributed by atoms with Gasteiger partial charge in [-0.05, 0) is 24.3 Å². The number of pyridine rings is 1. The van der Waals surface area contributed by atoms with Gasteiger partial charge in [-0.1, -0.05) is 6.07 Å². The van der Waals surface area contributed by atoms with E-state index in [1.54, 1.807) is 18.3 Å². The number of H-pyrrole nitrogens is 1. The predicted molar refractivity (Wildman–Crippen MR) is 70.4 cm³/mol. The van der Waals surface area contributed by atoms with E-state index in [1.165, 1.54) is 12.3 Å². The van der Waals surface area contributed by atoms with E-state index in [9.17, 15) is 9.18 Å². The standard InChI is InChI=1S/C14H10FN3O/c15-11-8-16-6-5-13(11)18-14(19)10-2-1-3-12-9(10)4-7-17-12/h1-8,17H,(H,16,18,19). The van der Waals surface area contributed by atoms with E-state index in [0.29, 0.717) is 5.56 Å². The largest absolute Gasteiger partial charge is 0.361 e. The minimum absolute atomic E-state index is 0.118. The van der Waals surface area contributed by atoms with Gasteiger partial charge < -0.3 is 10.3 Å². The van der Waals surface area contributed by atoms with Crippen molar-refractivity contribution in [2.24, 2.45) is 0 Å². The highest BCUT2D eigenvalue weighted by atomic mass is 19.1. The Morgan fingerprint density at radius 2 is 2.16 bits per heavy atom. The molecule has 0 saturated carbocycles. The van der Waals surface area contributed by atoms with E-state index >= 15 is 0 Å². The number of aromatic nitrogens is 2. The van der Waals surface area contributed by atoms with Gasteiger partial charge in [-0.25, -0.2) is 4.39 Å². The molecule has 0 unspecified atom stereocenters. The van der Waals surface area contributed by atoms with Gasteiger partial charge in [0.15, 0.2) is 5.82 Å². The number of amides is 1. The van der Waals surface area contributed by atoms with Crippen molar-refractivity contribution in [1.82, 2.24) is 9.97 Å². The molecule has 2 N–H and O–H groups in total. The molecule has 0 fully saturated rings. The van der Waals surface area contributed by atoms with Gasteiger partial charge in [0.05, 0.1) is 11.9 Å². The molecule has 2 aromatic heterocycles. The van der Waals surface area contributed by atoms with Crippen LogP contribution in [0.5, 0.6) is 0 Å². The minimum atomic E-state index is -0.558. The fourth-order valence-corrected chi connectivity index (χ4v) is 1.95.